The Labute approximate surface area is 654 Å². The SMILES string of the molecule is C=CCN(CC[CH2][Sn]([CH2]CCC)([CH2]CCC)[CH2]CCC)[Si](C)(C)C.C=CC[Si](C)(C)CC[CH2][Sn]([CH2]CCC)([CH2]CCC)[CH2]CCC.C=CC[Si](CC=C)(CC=C)CC[CH2][Sn]([CH2]CCC)([CH2]CCC)[CH2]CCC.C=C[CH2][Sn]([CH2]C=C)([CH2]CCC)[CH2]C[CH2][Sn]([CH2]CCC)([CH2]CCC)[CH2]CCC. The fourth-order valence-electron chi connectivity index (χ4n) is 17.5. The van der Waals surface area contributed by atoms with Crippen LogP contribution in [-0.4, -0.2) is 134 Å². The van der Waals surface area contributed by atoms with Gasteiger partial charge < -0.3 is 0 Å². The zero-order valence-electron chi connectivity index (χ0n) is 72.5. The first-order valence-electron chi connectivity index (χ1n) is 44.5. The summed E-state index contributed by atoms with van der Waals surface area (Å²) in [6.07, 6.45) is 59.2. The van der Waals surface area contributed by atoms with Crippen LogP contribution in [0.2, 0.25) is 158 Å². The second-order valence-corrected chi connectivity index (χ2v) is 121. The van der Waals surface area contributed by atoms with Crippen LogP contribution in [0, 0.1) is 0 Å². The molecule has 1 nitrogen and oxygen atoms in total. The van der Waals surface area contributed by atoms with E-state index < -0.39 is 116 Å². The summed E-state index contributed by atoms with van der Waals surface area (Å²) in [6.45, 7) is 74.5. The van der Waals surface area contributed by atoms with Gasteiger partial charge in [-0.2, -0.15) is 0 Å². The van der Waals surface area contributed by atoms with Gasteiger partial charge in [-0.1, -0.05) is 0 Å². The van der Waals surface area contributed by atoms with Crippen molar-refractivity contribution < 1.29 is 0 Å². The average Bonchev–Trinajstić information content (AvgIpc) is 0.876. The van der Waals surface area contributed by atoms with Gasteiger partial charge in [0.1, 0.15) is 0 Å². The molecule has 588 valence electrons. The summed E-state index contributed by atoms with van der Waals surface area (Å²) in [7, 11) is -3.49. The number of allylic oxidation sites excluding steroid dienone is 6. The molecule has 99 heavy (non-hydrogen) atoms. The molecule has 0 aliphatic heterocycles. The maximum atomic E-state index is 4.15. The Morgan fingerprint density at radius 1 is 0.242 bits per heavy atom. The van der Waals surface area contributed by atoms with Gasteiger partial charge in [0.25, 0.3) is 0 Å². The molecule has 0 heterocycles. The zero-order chi connectivity index (χ0) is 75.5. The van der Waals surface area contributed by atoms with Crippen molar-refractivity contribution in [3.05, 3.63) is 88.6 Å². The van der Waals surface area contributed by atoms with E-state index in [1.54, 1.807) is 98.7 Å². The molecule has 0 aliphatic rings. The molecule has 0 bridgehead atoms. The quantitative estimate of drug-likeness (QED) is 0.0433. The van der Waals surface area contributed by atoms with Crippen LogP contribution in [0.3, 0.4) is 0 Å². The van der Waals surface area contributed by atoms with Gasteiger partial charge in [-0.25, -0.2) is 0 Å². The Hall–Kier alpha value is 2.78. The molecule has 0 aromatic carbocycles. The molecule has 0 saturated carbocycles. The fourth-order valence-corrected chi connectivity index (χ4v) is 108. The average molecular weight is 1970 g/mol. The second kappa shape index (κ2) is 71.1. The molecule has 0 amide bonds. The third-order valence-electron chi connectivity index (χ3n) is 24.2. The topological polar surface area (TPSA) is 3.24 Å². The van der Waals surface area contributed by atoms with Crippen LogP contribution >= 0.6 is 0 Å². The van der Waals surface area contributed by atoms with Crippen LogP contribution < -0.4 is 0 Å². The Kier molecular flexibility index (Phi) is 77.7. The zero-order valence-corrected chi connectivity index (χ0v) is 89.7. The van der Waals surface area contributed by atoms with Crippen LogP contribution in [0.25, 0.3) is 0 Å². The van der Waals surface area contributed by atoms with Gasteiger partial charge in [-0.3, -0.25) is 0 Å². The Morgan fingerprint density at radius 3 is 0.697 bits per heavy atom. The molecule has 0 unspecified atom stereocenters. The summed E-state index contributed by atoms with van der Waals surface area (Å²) in [6, 6.07) is 8.06. The molecule has 0 atom stereocenters. The number of nitrogens with zero attached hydrogens (tertiary/aromatic N) is 1. The van der Waals surface area contributed by atoms with E-state index in [4.69, 9.17) is 0 Å². The monoisotopic (exact) mass is 1970 g/mol. The summed E-state index contributed by atoms with van der Waals surface area (Å²) in [5.41, 5.74) is 0. The van der Waals surface area contributed by atoms with Crippen LogP contribution in [0.15, 0.2) is 88.6 Å². The second-order valence-electron chi connectivity index (χ2n) is 35.0. The van der Waals surface area contributed by atoms with Crippen molar-refractivity contribution in [2.75, 3.05) is 13.1 Å². The van der Waals surface area contributed by atoms with Crippen molar-refractivity contribution in [2.24, 2.45) is 0 Å². The molecule has 0 aromatic rings. The number of unbranched alkanes of at least 4 members (excludes halogenated alkanes) is 13. The molecule has 0 aliphatic carbocycles. The third-order valence-corrected chi connectivity index (χ3v) is 114. The molecule has 0 N–H and O–H groups in total. The van der Waals surface area contributed by atoms with Crippen LogP contribution in [0.4, 0.5) is 0 Å². The minimum atomic E-state index is -2.07. The molecule has 0 rings (SSSR count). The van der Waals surface area contributed by atoms with Crippen LogP contribution in [0.5, 0.6) is 0 Å². The Morgan fingerprint density at radius 2 is 0.465 bits per heavy atom. The van der Waals surface area contributed by atoms with Gasteiger partial charge in [0.05, 0.1) is 0 Å². The van der Waals surface area contributed by atoms with E-state index in [9.17, 15) is 0 Å². The molecule has 9 heteroatoms. The van der Waals surface area contributed by atoms with Crippen molar-refractivity contribution in [1.29, 1.82) is 0 Å². The predicted octanol–water partition coefficient (Wildman–Crippen LogP) is 34.7. The Bertz CT molecular complexity index is 1720. The first kappa shape index (κ1) is 108. The van der Waals surface area contributed by atoms with E-state index in [0.29, 0.717) is 0 Å². The standard InChI is InChI=1S/C12H21Si.C9H20NSi.C8H17Si.13C4H9.C3H6.2C3H5.5Sn/c1-5-9-13(10-6-2,11-7-3)12-8-4;1-6-8-10(9-7-2)11(3,4)5;1-5-7-9(3,4)8-6-2;13*1-3-4-2;3*1-3-2;;;;;/h5-7H,1-4,8-12H2;6H,1-2,7-9H2,3-5H3;5H,1-2,6-8H2,3-4H3;13*1,3-4H2,2H3;1-3H2;2*3H,1-2H2;;;;;. The molecule has 0 radical (unpaired) electrons. The summed E-state index contributed by atoms with van der Waals surface area (Å²) < 4.78 is 35.5. The van der Waals surface area contributed by atoms with E-state index in [2.05, 4.69) is 216 Å². The molecule has 0 saturated heterocycles. The third kappa shape index (κ3) is 56.6. The summed E-state index contributed by atoms with van der Waals surface area (Å²) >= 11 is -9.67. The minimum absolute atomic E-state index is 0.981. The van der Waals surface area contributed by atoms with Gasteiger partial charge in [-0.15, -0.1) is 0 Å². The van der Waals surface area contributed by atoms with Crippen LogP contribution in [0.1, 0.15) is 283 Å². The van der Waals surface area contributed by atoms with Gasteiger partial charge in [0, 0.05) is 0 Å². The van der Waals surface area contributed by atoms with Gasteiger partial charge >= 0.3 is 663 Å². The Balaban J connectivity index is -0.000000609. The normalized spacial score (nSPS) is 12.4. The fraction of sp³-hybridized carbons (Fsp3) is 0.844. The van der Waals surface area contributed by atoms with Crippen molar-refractivity contribution in [3.63, 3.8) is 0 Å². The first-order chi connectivity index (χ1) is 47.4. The van der Waals surface area contributed by atoms with E-state index >= 15 is 0 Å². The predicted molar refractivity (Wildman–Crippen MR) is 496 cm³/mol. The van der Waals surface area contributed by atoms with Crippen molar-refractivity contribution in [2.45, 2.75) is 440 Å². The molecular formula is C90H191NSi3Sn5. The van der Waals surface area contributed by atoms with Crippen molar-refractivity contribution in [1.82, 2.24) is 4.57 Å². The maximum absolute atomic E-state index is 4.15. The van der Waals surface area contributed by atoms with Gasteiger partial charge in [0.2, 0.25) is 0 Å². The number of hydrogen-bond donors (Lipinski definition) is 0. The van der Waals surface area contributed by atoms with Gasteiger partial charge in [-0.05, 0) is 0 Å². The summed E-state index contributed by atoms with van der Waals surface area (Å²) in [5, 5.41) is 0. The van der Waals surface area contributed by atoms with Gasteiger partial charge in [0.15, 0.2) is 0 Å². The first-order valence-corrected chi connectivity index (χ1v) is 94.5. The number of hydrogen-bond acceptors (Lipinski definition) is 1. The van der Waals surface area contributed by atoms with E-state index in [1.807, 2.05) is 0 Å². The molecule has 0 spiro atoms. The van der Waals surface area contributed by atoms with E-state index in [1.165, 1.54) is 225 Å². The molecule has 0 fully saturated rings. The number of rotatable bonds is 70. The molecule has 0 aromatic heterocycles. The summed E-state index contributed by atoms with van der Waals surface area (Å²) in [4.78, 5) is 0. The molecular weight excluding hydrogens is 1770 g/mol. The van der Waals surface area contributed by atoms with E-state index in [-0.39, 0.29) is 0 Å². The van der Waals surface area contributed by atoms with Crippen molar-refractivity contribution in [3.8, 4) is 0 Å². The van der Waals surface area contributed by atoms with Crippen LogP contribution in [-0.2, 0) is 0 Å². The van der Waals surface area contributed by atoms with Crippen molar-refractivity contribution >= 4 is 116 Å². The summed E-state index contributed by atoms with van der Waals surface area (Å²) in [5.74, 6) is 0. The van der Waals surface area contributed by atoms with E-state index in [0.717, 1.165) is 6.54 Å².